The summed E-state index contributed by atoms with van der Waals surface area (Å²) in [4.78, 5) is 0. The van der Waals surface area contributed by atoms with Crippen LogP contribution in [0.3, 0.4) is 0 Å². The fourth-order valence-electron chi connectivity index (χ4n) is 1.77. The van der Waals surface area contributed by atoms with E-state index in [2.05, 4.69) is 33.4 Å². The van der Waals surface area contributed by atoms with E-state index >= 15 is 0 Å². The third kappa shape index (κ3) is 4.43. The van der Waals surface area contributed by atoms with Crippen molar-refractivity contribution in [2.24, 2.45) is 0 Å². The van der Waals surface area contributed by atoms with Crippen molar-refractivity contribution in [1.29, 1.82) is 0 Å². The molecule has 0 aliphatic carbocycles. The van der Waals surface area contributed by atoms with E-state index in [1.807, 2.05) is 44.2 Å². The Morgan fingerprint density at radius 1 is 1.15 bits per heavy atom. The Kier molecular flexibility index (Phi) is 5.32. The molecule has 0 heterocycles. The van der Waals surface area contributed by atoms with Crippen LogP contribution in [0.5, 0.6) is 5.75 Å². The lowest BCUT2D eigenvalue weighted by molar-refractivity contribution is 0.242. The number of ether oxygens (including phenoxy) is 1. The van der Waals surface area contributed by atoms with E-state index in [1.54, 1.807) is 0 Å². The molecule has 0 amide bonds. The molecule has 0 spiro atoms. The van der Waals surface area contributed by atoms with Crippen molar-refractivity contribution in [3.63, 3.8) is 0 Å². The van der Waals surface area contributed by atoms with Crippen LogP contribution in [0.4, 0.5) is 5.69 Å². The number of halogens is 2. The predicted molar refractivity (Wildman–Crippen MR) is 88.7 cm³/mol. The quantitative estimate of drug-likeness (QED) is 0.765. The first-order valence-corrected chi connectivity index (χ1v) is 7.66. The van der Waals surface area contributed by atoms with E-state index in [0.29, 0.717) is 5.02 Å². The SMILES string of the molecule is CC(C)Oc1ccc(NCc2ccc(Br)cc2)cc1Cl. The number of anilines is 1. The molecule has 2 aromatic rings. The van der Waals surface area contributed by atoms with Gasteiger partial charge in [-0.2, -0.15) is 0 Å². The molecule has 0 radical (unpaired) electrons. The Balaban J connectivity index is 1.99. The molecule has 0 unspecified atom stereocenters. The highest BCUT2D eigenvalue weighted by Gasteiger charge is 2.05. The van der Waals surface area contributed by atoms with Gasteiger partial charge in [-0.05, 0) is 49.7 Å². The topological polar surface area (TPSA) is 21.3 Å². The van der Waals surface area contributed by atoms with Crippen LogP contribution in [0, 0.1) is 0 Å². The summed E-state index contributed by atoms with van der Waals surface area (Å²) in [5, 5.41) is 3.97. The first-order chi connectivity index (χ1) is 9.54. The molecule has 0 aromatic heterocycles. The molecule has 0 fully saturated rings. The van der Waals surface area contributed by atoms with Gasteiger partial charge in [0.1, 0.15) is 5.75 Å². The first-order valence-electron chi connectivity index (χ1n) is 6.49. The van der Waals surface area contributed by atoms with Gasteiger partial charge in [0.05, 0.1) is 11.1 Å². The fraction of sp³-hybridized carbons (Fsp3) is 0.250. The second-order valence-electron chi connectivity index (χ2n) is 4.79. The van der Waals surface area contributed by atoms with Crippen molar-refractivity contribution in [1.82, 2.24) is 0 Å². The number of nitrogens with one attached hydrogen (secondary N) is 1. The van der Waals surface area contributed by atoms with Crippen LogP contribution in [0.25, 0.3) is 0 Å². The Bertz CT molecular complexity index is 569. The lowest BCUT2D eigenvalue weighted by Crippen LogP contribution is -2.06. The van der Waals surface area contributed by atoms with Gasteiger partial charge in [0, 0.05) is 16.7 Å². The monoisotopic (exact) mass is 353 g/mol. The van der Waals surface area contributed by atoms with E-state index in [1.165, 1.54) is 5.56 Å². The van der Waals surface area contributed by atoms with E-state index < -0.39 is 0 Å². The van der Waals surface area contributed by atoms with Gasteiger partial charge in [-0.15, -0.1) is 0 Å². The number of benzene rings is 2. The first kappa shape index (κ1) is 15.2. The van der Waals surface area contributed by atoms with Crippen molar-refractivity contribution < 1.29 is 4.74 Å². The highest BCUT2D eigenvalue weighted by molar-refractivity contribution is 9.10. The summed E-state index contributed by atoms with van der Waals surface area (Å²) in [7, 11) is 0. The molecule has 20 heavy (non-hydrogen) atoms. The van der Waals surface area contributed by atoms with Crippen molar-refractivity contribution >= 4 is 33.2 Å². The zero-order valence-electron chi connectivity index (χ0n) is 11.5. The predicted octanol–water partition coefficient (Wildman–Crippen LogP) is 5.50. The van der Waals surface area contributed by atoms with E-state index in [-0.39, 0.29) is 6.10 Å². The van der Waals surface area contributed by atoms with Crippen molar-refractivity contribution in [2.45, 2.75) is 26.5 Å². The van der Waals surface area contributed by atoms with Crippen LogP contribution in [-0.2, 0) is 6.54 Å². The third-order valence-corrected chi connectivity index (χ3v) is 3.53. The lowest BCUT2D eigenvalue weighted by atomic mass is 10.2. The van der Waals surface area contributed by atoms with Gasteiger partial charge in [-0.25, -0.2) is 0 Å². The molecule has 0 saturated heterocycles. The highest BCUT2D eigenvalue weighted by atomic mass is 79.9. The van der Waals surface area contributed by atoms with Gasteiger partial charge in [0.15, 0.2) is 0 Å². The van der Waals surface area contributed by atoms with Gasteiger partial charge in [-0.3, -0.25) is 0 Å². The normalized spacial score (nSPS) is 10.7. The second kappa shape index (κ2) is 7.00. The summed E-state index contributed by atoms with van der Waals surface area (Å²) in [5.41, 5.74) is 2.20. The van der Waals surface area contributed by atoms with Crippen molar-refractivity contribution in [3.8, 4) is 5.75 Å². The Hall–Kier alpha value is -1.19. The van der Waals surface area contributed by atoms with Crippen LogP contribution in [0.15, 0.2) is 46.9 Å². The zero-order chi connectivity index (χ0) is 14.5. The largest absolute Gasteiger partial charge is 0.489 e. The lowest BCUT2D eigenvalue weighted by Gasteiger charge is -2.13. The van der Waals surface area contributed by atoms with Crippen molar-refractivity contribution in [2.75, 3.05) is 5.32 Å². The maximum atomic E-state index is 6.20. The fourth-order valence-corrected chi connectivity index (χ4v) is 2.26. The molecular formula is C16H17BrClNO. The zero-order valence-corrected chi connectivity index (χ0v) is 13.8. The summed E-state index contributed by atoms with van der Waals surface area (Å²) < 4.78 is 6.69. The maximum absolute atomic E-state index is 6.20. The molecule has 0 atom stereocenters. The molecule has 0 aliphatic rings. The molecule has 0 bridgehead atoms. The minimum absolute atomic E-state index is 0.120. The summed E-state index contributed by atoms with van der Waals surface area (Å²) in [6.45, 7) is 4.72. The van der Waals surface area contributed by atoms with E-state index in [4.69, 9.17) is 16.3 Å². The Morgan fingerprint density at radius 2 is 1.85 bits per heavy atom. The number of rotatable bonds is 5. The molecule has 106 valence electrons. The van der Waals surface area contributed by atoms with Crippen LogP contribution < -0.4 is 10.1 Å². The molecule has 4 heteroatoms. The van der Waals surface area contributed by atoms with Crippen LogP contribution in [0.1, 0.15) is 19.4 Å². The molecule has 1 N–H and O–H groups in total. The van der Waals surface area contributed by atoms with Gasteiger partial charge in [-0.1, -0.05) is 39.7 Å². The molecule has 2 nitrogen and oxygen atoms in total. The van der Waals surface area contributed by atoms with Crippen LogP contribution >= 0.6 is 27.5 Å². The van der Waals surface area contributed by atoms with Gasteiger partial charge < -0.3 is 10.1 Å². The molecule has 0 saturated carbocycles. The second-order valence-corrected chi connectivity index (χ2v) is 6.11. The van der Waals surface area contributed by atoms with Crippen molar-refractivity contribution in [3.05, 3.63) is 57.5 Å². The minimum Gasteiger partial charge on any atom is -0.489 e. The number of hydrogen-bond donors (Lipinski definition) is 1. The summed E-state index contributed by atoms with van der Waals surface area (Å²) in [6.07, 6.45) is 0.120. The minimum atomic E-state index is 0.120. The smallest absolute Gasteiger partial charge is 0.138 e. The van der Waals surface area contributed by atoms with Gasteiger partial charge in [0.2, 0.25) is 0 Å². The van der Waals surface area contributed by atoms with Gasteiger partial charge in [0.25, 0.3) is 0 Å². The third-order valence-electron chi connectivity index (χ3n) is 2.70. The standard InChI is InChI=1S/C16H17BrClNO/c1-11(2)20-16-8-7-14(9-15(16)18)19-10-12-3-5-13(17)6-4-12/h3-9,11,19H,10H2,1-2H3. The Labute approximate surface area is 133 Å². The van der Waals surface area contributed by atoms with E-state index in [9.17, 15) is 0 Å². The van der Waals surface area contributed by atoms with Crippen LogP contribution in [0.2, 0.25) is 5.02 Å². The van der Waals surface area contributed by atoms with Crippen LogP contribution in [-0.4, -0.2) is 6.10 Å². The molecule has 2 rings (SSSR count). The summed E-state index contributed by atoms with van der Waals surface area (Å²) in [6, 6.07) is 14.0. The average Bonchev–Trinajstić information content (AvgIpc) is 2.40. The summed E-state index contributed by atoms with van der Waals surface area (Å²) >= 11 is 9.63. The van der Waals surface area contributed by atoms with E-state index in [0.717, 1.165) is 22.5 Å². The Morgan fingerprint density at radius 3 is 2.45 bits per heavy atom. The highest BCUT2D eigenvalue weighted by Crippen LogP contribution is 2.28. The molecular weight excluding hydrogens is 338 g/mol. The molecule has 2 aromatic carbocycles. The maximum Gasteiger partial charge on any atom is 0.138 e. The average molecular weight is 355 g/mol. The number of hydrogen-bond acceptors (Lipinski definition) is 2. The molecule has 0 aliphatic heterocycles. The summed E-state index contributed by atoms with van der Waals surface area (Å²) in [5.74, 6) is 0.718. The van der Waals surface area contributed by atoms with Gasteiger partial charge >= 0.3 is 0 Å².